The third-order valence-corrected chi connectivity index (χ3v) is 5.61. The Morgan fingerprint density at radius 3 is 2.52 bits per heavy atom. The molecule has 3 heterocycles. The Bertz CT molecular complexity index is 772. The van der Waals surface area contributed by atoms with Crippen molar-refractivity contribution < 1.29 is 13.2 Å². The van der Waals surface area contributed by atoms with Crippen LogP contribution < -0.4 is 0 Å². The Kier molecular flexibility index (Phi) is 4.28. The molecule has 136 valence electrons. The van der Waals surface area contributed by atoms with E-state index >= 15 is 0 Å². The number of likely N-dealkylation sites (N-methyl/N-ethyl adjacent to an activating group) is 1. The van der Waals surface area contributed by atoms with Gasteiger partial charge in [-0.05, 0) is 56.7 Å². The van der Waals surface area contributed by atoms with E-state index in [1.54, 1.807) is 6.07 Å². The molecule has 2 aliphatic heterocycles. The molecule has 4 rings (SSSR count). The molecular formula is C19H24F3N3. The molecule has 1 saturated heterocycles. The number of aromatic nitrogens is 1. The summed E-state index contributed by atoms with van der Waals surface area (Å²) in [6.45, 7) is 5.81. The van der Waals surface area contributed by atoms with E-state index in [2.05, 4.69) is 14.4 Å². The third-order valence-electron chi connectivity index (χ3n) is 5.61. The first kappa shape index (κ1) is 16.9. The molecule has 0 aliphatic carbocycles. The lowest BCUT2D eigenvalue weighted by Crippen LogP contribution is -2.29. The normalized spacial score (nSPS) is 19.7. The molecule has 0 N–H and O–H groups in total. The average Bonchev–Trinajstić information content (AvgIpc) is 3.17. The van der Waals surface area contributed by atoms with Crippen LogP contribution in [0.15, 0.2) is 18.2 Å². The number of hydrogen-bond acceptors (Lipinski definition) is 2. The van der Waals surface area contributed by atoms with Crippen LogP contribution >= 0.6 is 0 Å². The van der Waals surface area contributed by atoms with Gasteiger partial charge in [0.25, 0.3) is 0 Å². The topological polar surface area (TPSA) is 11.4 Å². The number of nitrogens with zero attached hydrogens (tertiary/aromatic N) is 3. The van der Waals surface area contributed by atoms with Gasteiger partial charge in [0.2, 0.25) is 0 Å². The number of benzene rings is 1. The molecule has 1 aromatic carbocycles. The van der Waals surface area contributed by atoms with Crippen molar-refractivity contribution in [3.05, 3.63) is 35.0 Å². The van der Waals surface area contributed by atoms with Crippen molar-refractivity contribution in [3.63, 3.8) is 0 Å². The van der Waals surface area contributed by atoms with Gasteiger partial charge in [-0.25, -0.2) is 0 Å². The fourth-order valence-corrected chi connectivity index (χ4v) is 4.26. The predicted octanol–water partition coefficient (Wildman–Crippen LogP) is 3.74. The van der Waals surface area contributed by atoms with Crippen molar-refractivity contribution in [2.24, 2.45) is 0 Å². The summed E-state index contributed by atoms with van der Waals surface area (Å²) in [4.78, 5) is 4.64. The van der Waals surface area contributed by atoms with E-state index in [9.17, 15) is 13.2 Å². The van der Waals surface area contributed by atoms with Crippen LogP contribution in [0.25, 0.3) is 10.9 Å². The summed E-state index contributed by atoms with van der Waals surface area (Å²) in [6, 6.07) is 4.24. The fraction of sp³-hybridized carbons (Fsp3) is 0.579. The largest absolute Gasteiger partial charge is 0.416 e. The first-order valence-corrected chi connectivity index (χ1v) is 9.05. The van der Waals surface area contributed by atoms with Crippen molar-refractivity contribution in [2.75, 3.05) is 33.2 Å². The molecule has 0 radical (unpaired) electrons. The van der Waals surface area contributed by atoms with E-state index in [0.29, 0.717) is 0 Å². The van der Waals surface area contributed by atoms with E-state index in [1.165, 1.54) is 30.7 Å². The van der Waals surface area contributed by atoms with Crippen LogP contribution in [0, 0.1) is 0 Å². The first-order chi connectivity index (χ1) is 11.9. The smallest absolute Gasteiger partial charge is 0.343 e. The number of halogens is 3. The molecule has 2 aliphatic rings. The minimum absolute atomic E-state index is 0.548. The van der Waals surface area contributed by atoms with E-state index in [-0.39, 0.29) is 0 Å². The van der Waals surface area contributed by atoms with Gasteiger partial charge < -0.3 is 14.4 Å². The van der Waals surface area contributed by atoms with Crippen molar-refractivity contribution >= 4 is 10.9 Å². The SMILES string of the molecule is CN1CCc2c(c3cc(C(F)(F)F)ccc3n2CCN2CCCC2)C1. The summed E-state index contributed by atoms with van der Waals surface area (Å²) in [7, 11) is 2.03. The number of hydrogen-bond donors (Lipinski definition) is 0. The van der Waals surface area contributed by atoms with Gasteiger partial charge in [-0.1, -0.05) is 0 Å². The maximum atomic E-state index is 13.2. The van der Waals surface area contributed by atoms with Gasteiger partial charge in [-0.3, -0.25) is 0 Å². The van der Waals surface area contributed by atoms with Crippen molar-refractivity contribution in [2.45, 2.75) is 38.5 Å². The quantitative estimate of drug-likeness (QED) is 0.835. The molecule has 1 aromatic heterocycles. The monoisotopic (exact) mass is 351 g/mol. The minimum atomic E-state index is -4.29. The molecule has 0 saturated carbocycles. The second-order valence-corrected chi connectivity index (χ2v) is 7.34. The Balaban J connectivity index is 1.75. The predicted molar refractivity (Wildman–Crippen MR) is 92.7 cm³/mol. The molecule has 25 heavy (non-hydrogen) atoms. The maximum absolute atomic E-state index is 13.2. The molecule has 0 atom stereocenters. The standard InChI is InChI=1S/C19H24F3N3/c1-23-9-6-18-16(13-23)15-12-14(19(20,21)22)4-5-17(15)25(18)11-10-24-7-2-3-8-24/h4-5,12H,2-3,6-11,13H2,1H3. The van der Waals surface area contributed by atoms with Crippen molar-refractivity contribution in [3.8, 4) is 0 Å². The van der Waals surface area contributed by atoms with Gasteiger partial charge in [0, 0.05) is 49.2 Å². The fourth-order valence-electron chi connectivity index (χ4n) is 4.26. The first-order valence-electron chi connectivity index (χ1n) is 9.05. The number of alkyl halides is 3. The lowest BCUT2D eigenvalue weighted by molar-refractivity contribution is -0.137. The van der Waals surface area contributed by atoms with Crippen molar-refractivity contribution in [1.82, 2.24) is 14.4 Å². The Morgan fingerprint density at radius 1 is 1.04 bits per heavy atom. The maximum Gasteiger partial charge on any atom is 0.416 e. The van der Waals surface area contributed by atoms with E-state index in [4.69, 9.17) is 0 Å². The summed E-state index contributed by atoms with van der Waals surface area (Å²) < 4.78 is 41.8. The summed E-state index contributed by atoms with van der Waals surface area (Å²) in [5.74, 6) is 0. The van der Waals surface area contributed by atoms with E-state index in [1.807, 2.05) is 7.05 Å². The molecule has 0 amide bonds. The zero-order valence-corrected chi connectivity index (χ0v) is 14.6. The highest BCUT2D eigenvalue weighted by Crippen LogP contribution is 2.36. The van der Waals surface area contributed by atoms with Gasteiger partial charge in [-0.2, -0.15) is 13.2 Å². The Morgan fingerprint density at radius 2 is 1.80 bits per heavy atom. The van der Waals surface area contributed by atoms with Gasteiger partial charge >= 0.3 is 6.18 Å². The molecular weight excluding hydrogens is 327 g/mol. The summed E-state index contributed by atoms with van der Waals surface area (Å²) in [5.41, 5.74) is 2.71. The lowest BCUT2D eigenvalue weighted by atomic mass is 10.0. The van der Waals surface area contributed by atoms with Crippen LogP contribution in [0.2, 0.25) is 0 Å². The zero-order valence-electron chi connectivity index (χ0n) is 14.6. The Labute approximate surface area is 146 Å². The molecule has 2 aromatic rings. The second kappa shape index (κ2) is 6.32. The molecule has 0 spiro atoms. The van der Waals surface area contributed by atoms with Crippen LogP contribution in [0.1, 0.15) is 29.7 Å². The lowest BCUT2D eigenvalue weighted by Gasteiger charge is -2.25. The molecule has 3 nitrogen and oxygen atoms in total. The number of rotatable bonds is 3. The third kappa shape index (κ3) is 3.17. The van der Waals surface area contributed by atoms with Crippen LogP contribution in [0.5, 0.6) is 0 Å². The van der Waals surface area contributed by atoms with Crippen molar-refractivity contribution in [1.29, 1.82) is 0 Å². The summed E-state index contributed by atoms with van der Waals surface area (Å²) in [5, 5.41) is 0.776. The van der Waals surface area contributed by atoms with Crippen LogP contribution in [-0.2, 0) is 25.7 Å². The van der Waals surface area contributed by atoms with Crippen LogP contribution in [0.4, 0.5) is 13.2 Å². The summed E-state index contributed by atoms with van der Waals surface area (Å²) >= 11 is 0. The number of fused-ring (bicyclic) bond motifs is 3. The van der Waals surface area contributed by atoms with E-state index in [0.717, 1.165) is 62.2 Å². The van der Waals surface area contributed by atoms with Gasteiger partial charge in [-0.15, -0.1) is 0 Å². The number of likely N-dealkylation sites (tertiary alicyclic amines) is 1. The highest BCUT2D eigenvalue weighted by atomic mass is 19.4. The summed E-state index contributed by atoms with van der Waals surface area (Å²) in [6.07, 6.45) is -0.879. The van der Waals surface area contributed by atoms with Crippen LogP contribution in [0.3, 0.4) is 0 Å². The minimum Gasteiger partial charge on any atom is -0.343 e. The zero-order chi connectivity index (χ0) is 17.6. The van der Waals surface area contributed by atoms with Crippen LogP contribution in [-0.4, -0.2) is 47.6 Å². The molecule has 1 fully saturated rings. The highest BCUT2D eigenvalue weighted by molar-refractivity contribution is 5.86. The molecule has 6 heteroatoms. The molecule has 0 bridgehead atoms. The molecule has 0 unspecified atom stereocenters. The van der Waals surface area contributed by atoms with Gasteiger partial charge in [0.1, 0.15) is 0 Å². The van der Waals surface area contributed by atoms with E-state index < -0.39 is 11.7 Å². The van der Waals surface area contributed by atoms with Gasteiger partial charge in [0.15, 0.2) is 0 Å². The average molecular weight is 351 g/mol. The highest BCUT2D eigenvalue weighted by Gasteiger charge is 2.32. The Hall–Kier alpha value is -1.53. The second-order valence-electron chi connectivity index (χ2n) is 7.34. The van der Waals surface area contributed by atoms with Gasteiger partial charge in [0.05, 0.1) is 5.56 Å².